The lowest BCUT2D eigenvalue weighted by molar-refractivity contribution is -0.137. The van der Waals surface area contributed by atoms with Gasteiger partial charge in [-0.15, -0.1) is 0 Å². The Morgan fingerprint density at radius 1 is 1.08 bits per heavy atom. The molecule has 0 saturated heterocycles. The number of benzene rings is 2. The Hall–Kier alpha value is -2.10. The Labute approximate surface area is 155 Å². The van der Waals surface area contributed by atoms with Crippen molar-refractivity contribution in [1.82, 2.24) is 0 Å². The monoisotopic (exact) mass is 462 g/mol. The molecule has 132 valence electrons. The standard InChI is InChI=1S/C17H14F3IN2O2/c1-2-15(24)22-12-5-3-4-10(8-12)16(25)23-14-9-11(17(18,19)20)6-7-13(14)21/h3-9H,2H2,1H3,(H,22,24)(H,23,25). The first kappa shape index (κ1) is 19.2. The van der Waals surface area contributed by atoms with Crippen LogP contribution in [0.3, 0.4) is 0 Å². The van der Waals surface area contributed by atoms with Gasteiger partial charge in [-0.2, -0.15) is 13.2 Å². The Kier molecular flexibility index (Phi) is 6.04. The van der Waals surface area contributed by atoms with E-state index in [2.05, 4.69) is 10.6 Å². The third-order valence-corrected chi connectivity index (χ3v) is 4.21. The highest BCUT2D eigenvalue weighted by atomic mass is 127. The van der Waals surface area contributed by atoms with Gasteiger partial charge in [0.2, 0.25) is 5.91 Å². The number of hydrogen-bond acceptors (Lipinski definition) is 2. The fourth-order valence-electron chi connectivity index (χ4n) is 1.98. The number of halogens is 4. The number of carbonyl (C=O) groups is 2. The summed E-state index contributed by atoms with van der Waals surface area (Å²) in [5.41, 5.74) is -0.101. The van der Waals surface area contributed by atoms with Crippen molar-refractivity contribution < 1.29 is 22.8 Å². The van der Waals surface area contributed by atoms with Crippen molar-refractivity contribution in [3.63, 3.8) is 0 Å². The molecular weight excluding hydrogens is 448 g/mol. The average Bonchev–Trinajstić information content (AvgIpc) is 2.55. The molecule has 0 unspecified atom stereocenters. The lowest BCUT2D eigenvalue weighted by Gasteiger charge is -2.12. The van der Waals surface area contributed by atoms with Crippen LogP contribution < -0.4 is 10.6 Å². The predicted molar refractivity (Wildman–Crippen MR) is 97.5 cm³/mol. The second-order valence-corrected chi connectivity index (χ2v) is 6.29. The molecule has 8 heteroatoms. The summed E-state index contributed by atoms with van der Waals surface area (Å²) in [6.07, 6.45) is -4.20. The molecule has 0 aliphatic heterocycles. The molecule has 0 fully saturated rings. The van der Waals surface area contributed by atoms with Gasteiger partial charge in [-0.25, -0.2) is 0 Å². The molecule has 2 aromatic rings. The number of anilines is 2. The van der Waals surface area contributed by atoms with Crippen LogP contribution in [0.4, 0.5) is 24.5 Å². The van der Waals surface area contributed by atoms with Crippen LogP contribution in [-0.4, -0.2) is 11.8 Å². The van der Waals surface area contributed by atoms with Gasteiger partial charge in [-0.3, -0.25) is 9.59 Å². The molecule has 2 amide bonds. The molecule has 0 aliphatic carbocycles. The van der Waals surface area contributed by atoms with Crippen LogP contribution in [0.25, 0.3) is 0 Å². The van der Waals surface area contributed by atoms with Gasteiger partial charge in [-0.05, 0) is 59.0 Å². The third kappa shape index (κ3) is 5.18. The number of amides is 2. The van der Waals surface area contributed by atoms with Gasteiger partial charge < -0.3 is 10.6 Å². The Balaban J connectivity index is 2.23. The molecule has 2 N–H and O–H groups in total. The van der Waals surface area contributed by atoms with Crippen molar-refractivity contribution in [1.29, 1.82) is 0 Å². The summed E-state index contributed by atoms with van der Waals surface area (Å²) in [6.45, 7) is 1.70. The number of nitrogens with one attached hydrogen (secondary N) is 2. The Bertz CT molecular complexity index is 807. The quantitative estimate of drug-likeness (QED) is 0.635. The number of rotatable bonds is 4. The first-order valence-corrected chi connectivity index (χ1v) is 8.36. The van der Waals surface area contributed by atoms with Crippen LogP contribution in [0.5, 0.6) is 0 Å². The van der Waals surface area contributed by atoms with E-state index in [1.807, 2.05) is 22.6 Å². The average molecular weight is 462 g/mol. The van der Waals surface area contributed by atoms with Crippen LogP contribution in [0.1, 0.15) is 29.3 Å². The van der Waals surface area contributed by atoms with Crippen molar-refractivity contribution in [2.45, 2.75) is 19.5 Å². The molecule has 2 rings (SSSR count). The summed E-state index contributed by atoms with van der Waals surface area (Å²) in [5.74, 6) is -0.769. The zero-order valence-electron chi connectivity index (χ0n) is 13.1. The maximum atomic E-state index is 12.8. The second kappa shape index (κ2) is 7.85. The van der Waals surface area contributed by atoms with Crippen LogP contribution in [0, 0.1) is 3.57 Å². The summed E-state index contributed by atoms with van der Waals surface area (Å²) in [4.78, 5) is 23.7. The van der Waals surface area contributed by atoms with Gasteiger partial charge in [0.25, 0.3) is 5.91 Å². The molecule has 0 saturated carbocycles. The molecule has 25 heavy (non-hydrogen) atoms. The predicted octanol–water partition coefficient (Wildman–Crippen LogP) is 4.91. The molecule has 0 atom stereocenters. The van der Waals surface area contributed by atoms with E-state index in [0.29, 0.717) is 15.7 Å². The van der Waals surface area contributed by atoms with E-state index in [9.17, 15) is 22.8 Å². The highest BCUT2D eigenvalue weighted by molar-refractivity contribution is 14.1. The fraction of sp³-hybridized carbons (Fsp3) is 0.176. The minimum absolute atomic E-state index is 0.0726. The second-order valence-electron chi connectivity index (χ2n) is 5.13. The van der Waals surface area contributed by atoms with Crippen LogP contribution in [0.2, 0.25) is 0 Å². The molecule has 0 radical (unpaired) electrons. The maximum Gasteiger partial charge on any atom is 0.416 e. The van der Waals surface area contributed by atoms with Crippen molar-refractivity contribution in [3.05, 3.63) is 57.2 Å². The van der Waals surface area contributed by atoms with Gasteiger partial charge in [-0.1, -0.05) is 13.0 Å². The molecule has 0 heterocycles. The minimum atomic E-state index is -4.49. The van der Waals surface area contributed by atoms with E-state index in [-0.39, 0.29) is 17.2 Å². The van der Waals surface area contributed by atoms with Crippen molar-refractivity contribution in [2.75, 3.05) is 10.6 Å². The first-order chi connectivity index (χ1) is 11.7. The van der Waals surface area contributed by atoms with E-state index in [4.69, 9.17) is 0 Å². The van der Waals surface area contributed by atoms with Crippen LogP contribution in [0.15, 0.2) is 42.5 Å². The number of hydrogen-bond donors (Lipinski definition) is 2. The van der Waals surface area contributed by atoms with Gasteiger partial charge in [0, 0.05) is 21.2 Å². The summed E-state index contributed by atoms with van der Waals surface area (Å²) in [5, 5.41) is 5.10. The summed E-state index contributed by atoms with van der Waals surface area (Å²) < 4.78 is 38.9. The fourth-order valence-corrected chi connectivity index (χ4v) is 2.45. The highest BCUT2D eigenvalue weighted by Crippen LogP contribution is 2.32. The van der Waals surface area contributed by atoms with E-state index < -0.39 is 17.6 Å². The Morgan fingerprint density at radius 3 is 2.44 bits per heavy atom. The zero-order chi connectivity index (χ0) is 18.6. The first-order valence-electron chi connectivity index (χ1n) is 7.28. The van der Waals surface area contributed by atoms with E-state index in [0.717, 1.165) is 12.1 Å². The van der Waals surface area contributed by atoms with E-state index in [1.165, 1.54) is 18.2 Å². The van der Waals surface area contributed by atoms with E-state index in [1.54, 1.807) is 19.1 Å². The minimum Gasteiger partial charge on any atom is -0.326 e. The summed E-state index contributed by atoms with van der Waals surface area (Å²) in [6, 6.07) is 9.31. The van der Waals surface area contributed by atoms with Crippen LogP contribution in [-0.2, 0) is 11.0 Å². The van der Waals surface area contributed by atoms with E-state index >= 15 is 0 Å². The lowest BCUT2D eigenvalue weighted by atomic mass is 10.1. The molecule has 0 aromatic heterocycles. The van der Waals surface area contributed by atoms with Gasteiger partial charge in [0.05, 0.1) is 11.3 Å². The Morgan fingerprint density at radius 2 is 1.80 bits per heavy atom. The number of alkyl halides is 3. The molecule has 0 bridgehead atoms. The molecule has 4 nitrogen and oxygen atoms in total. The van der Waals surface area contributed by atoms with Crippen molar-refractivity contribution in [3.8, 4) is 0 Å². The molecule has 0 aliphatic rings. The maximum absolute atomic E-state index is 12.8. The molecular formula is C17H14F3IN2O2. The largest absolute Gasteiger partial charge is 0.416 e. The zero-order valence-corrected chi connectivity index (χ0v) is 15.2. The molecule has 0 spiro atoms. The van der Waals surface area contributed by atoms with Gasteiger partial charge >= 0.3 is 6.18 Å². The third-order valence-electron chi connectivity index (χ3n) is 3.27. The van der Waals surface area contributed by atoms with Crippen LogP contribution >= 0.6 is 22.6 Å². The smallest absolute Gasteiger partial charge is 0.326 e. The van der Waals surface area contributed by atoms with Crippen molar-refractivity contribution in [2.24, 2.45) is 0 Å². The summed E-state index contributed by atoms with van der Waals surface area (Å²) >= 11 is 1.85. The SMILES string of the molecule is CCC(=O)Nc1cccc(C(=O)Nc2cc(C(F)(F)F)ccc2I)c1. The lowest BCUT2D eigenvalue weighted by Crippen LogP contribution is -2.15. The normalized spacial score (nSPS) is 11.1. The highest BCUT2D eigenvalue weighted by Gasteiger charge is 2.31. The summed E-state index contributed by atoms with van der Waals surface area (Å²) in [7, 11) is 0. The number of carbonyl (C=O) groups excluding carboxylic acids is 2. The van der Waals surface area contributed by atoms with Crippen molar-refractivity contribution >= 4 is 45.8 Å². The topological polar surface area (TPSA) is 58.2 Å². The van der Waals surface area contributed by atoms with Gasteiger partial charge in [0.1, 0.15) is 0 Å². The molecule has 2 aromatic carbocycles. The van der Waals surface area contributed by atoms with Gasteiger partial charge in [0.15, 0.2) is 0 Å².